The lowest BCUT2D eigenvalue weighted by atomic mass is 10.1. The summed E-state index contributed by atoms with van der Waals surface area (Å²) in [7, 11) is 0. The lowest BCUT2D eigenvalue weighted by molar-refractivity contribution is 0.567. The van der Waals surface area contributed by atoms with Gasteiger partial charge in [0.2, 0.25) is 0 Å². The third-order valence-electron chi connectivity index (χ3n) is 2.16. The Morgan fingerprint density at radius 2 is 2.27 bits per heavy atom. The van der Waals surface area contributed by atoms with Crippen LogP contribution in [-0.4, -0.2) is 26.0 Å². The molecule has 0 radical (unpaired) electrons. The van der Waals surface area contributed by atoms with Crippen LogP contribution in [0.15, 0.2) is 17.1 Å². The zero-order chi connectivity index (χ0) is 11.4. The van der Waals surface area contributed by atoms with Gasteiger partial charge in [-0.2, -0.15) is 0 Å². The van der Waals surface area contributed by atoms with E-state index in [4.69, 9.17) is 5.73 Å². The molecule has 3 heteroatoms. The van der Waals surface area contributed by atoms with E-state index in [0.29, 0.717) is 12.5 Å². The van der Waals surface area contributed by atoms with E-state index in [-0.39, 0.29) is 0 Å². The molecular formula is C12H25N3. The first kappa shape index (κ1) is 14.3. The minimum atomic E-state index is 0.685. The van der Waals surface area contributed by atoms with Crippen molar-refractivity contribution in [3.05, 3.63) is 12.2 Å². The average Bonchev–Trinajstić information content (AvgIpc) is 2.22. The fraction of sp³-hybridized carbons (Fsp3) is 0.750. The van der Waals surface area contributed by atoms with Crippen LogP contribution in [0.25, 0.3) is 0 Å². The van der Waals surface area contributed by atoms with E-state index >= 15 is 0 Å². The van der Waals surface area contributed by atoms with Gasteiger partial charge in [0.05, 0.1) is 6.67 Å². The number of allylic oxidation sites excluding steroid dienone is 2. The van der Waals surface area contributed by atoms with Crippen LogP contribution in [0, 0.1) is 5.92 Å². The van der Waals surface area contributed by atoms with Gasteiger partial charge in [-0.15, -0.1) is 0 Å². The minimum Gasteiger partial charge on any atom is -0.330 e. The fourth-order valence-corrected chi connectivity index (χ4v) is 1.35. The Kier molecular flexibility index (Phi) is 10.9. The summed E-state index contributed by atoms with van der Waals surface area (Å²) in [4.78, 5) is 4.18. The van der Waals surface area contributed by atoms with Crippen molar-refractivity contribution in [1.82, 2.24) is 5.32 Å². The van der Waals surface area contributed by atoms with E-state index in [9.17, 15) is 0 Å². The van der Waals surface area contributed by atoms with Gasteiger partial charge >= 0.3 is 0 Å². The smallest absolute Gasteiger partial charge is 0.0880 e. The molecule has 0 aliphatic heterocycles. The van der Waals surface area contributed by atoms with Crippen molar-refractivity contribution in [3.63, 3.8) is 0 Å². The normalized spacial score (nSPS) is 14.1. The predicted octanol–water partition coefficient (Wildman–Crippen LogP) is 1.95. The second-order valence-electron chi connectivity index (χ2n) is 3.75. The molecule has 15 heavy (non-hydrogen) atoms. The van der Waals surface area contributed by atoms with Crippen LogP contribution >= 0.6 is 0 Å². The Labute approximate surface area is 93.8 Å². The van der Waals surface area contributed by atoms with Gasteiger partial charge in [-0.3, -0.25) is 10.3 Å². The number of aliphatic imine (C=N–C) groups is 1. The Morgan fingerprint density at radius 1 is 1.47 bits per heavy atom. The van der Waals surface area contributed by atoms with Gasteiger partial charge in [-0.05, 0) is 45.2 Å². The lowest BCUT2D eigenvalue weighted by Crippen LogP contribution is -2.16. The van der Waals surface area contributed by atoms with E-state index in [1.165, 1.54) is 12.8 Å². The SMILES string of the molecule is C/C=C\C(C)CCCNC/N=C/CCN. The van der Waals surface area contributed by atoms with Crippen LogP contribution in [0.1, 0.15) is 33.1 Å². The van der Waals surface area contributed by atoms with Gasteiger partial charge in [0.1, 0.15) is 0 Å². The minimum absolute atomic E-state index is 0.685. The second kappa shape index (κ2) is 11.4. The molecule has 1 unspecified atom stereocenters. The van der Waals surface area contributed by atoms with Crippen LogP contribution in [0.2, 0.25) is 0 Å². The Morgan fingerprint density at radius 3 is 2.93 bits per heavy atom. The number of nitrogens with one attached hydrogen (secondary N) is 1. The largest absolute Gasteiger partial charge is 0.330 e. The van der Waals surface area contributed by atoms with Crippen LogP contribution in [0.3, 0.4) is 0 Å². The maximum absolute atomic E-state index is 5.33. The molecule has 1 atom stereocenters. The van der Waals surface area contributed by atoms with E-state index in [0.717, 1.165) is 19.6 Å². The quantitative estimate of drug-likeness (QED) is 0.348. The van der Waals surface area contributed by atoms with Crippen molar-refractivity contribution in [3.8, 4) is 0 Å². The molecule has 0 saturated carbocycles. The van der Waals surface area contributed by atoms with E-state index in [1.54, 1.807) is 0 Å². The monoisotopic (exact) mass is 211 g/mol. The molecule has 88 valence electrons. The lowest BCUT2D eigenvalue weighted by Gasteiger charge is -2.05. The number of nitrogens with two attached hydrogens (primary N) is 1. The molecule has 0 spiro atoms. The topological polar surface area (TPSA) is 50.4 Å². The first-order valence-electron chi connectivity index (χ1n) is 5.83. The molecule has 0 aromatic carbocycles. The molecule has 0 heterocycles. The van der Waals surface area contributed by atoms with E-state index < -0.39 is 0 Å². The summed E-state index contributed by atoms with van der Waals surface area (Å²) >= 11 is 0. The van der Waals surface area contributed by atoms with E-state index in [2.05, 4.69) is 36.3 Å². The molecule has 0 aromatic heterocycles. The molecule has 0 aliphatic rings. The van der Waals surface area contributed by atoms with Gasteiger partial charge in [0, 0.05) is 6.21 Å². The number of rotatable bonds is 9. The molecule has 3 N–H and O–H groups in total. The number of hydrogen-bond donors (Lipinski definition) is 2. The molecule has 0 rings (SSSR count). The molecular weight excluding hydrogens is 186 g/mol. The number of hydrogen-bond acceptors (Lipinski definition) is 3. The summed E-state index contributed by atoms with van der Waals surface area (Å²) in [6, 6.07) is 0. The standard InChI is InChI=1S/C12H25N3/c1-3-6-12(2)7-4-9-14-11-15-10-5-8-13/h3,6,10,12,14H,4-5,7-9,11,13H2,1-2H3/b6-3-,15-10+. The summed E-state index contributed by atoms with van der Waals surface area (Å²) in [5.41, 5.74) is 5.33. The Hall–Kier alpha value is -0.670. The Balaban J connectivity index is 3.17. The van der Waals surface area contributed by atoms with Gasteiger partial charge < -0.3 is 5.73 Å². The van der Waals surface area contributed by atoms with Crippen molar-refractivity contribution in [2.24, 2.45) is 16.6 Å². The molecule has 3 nitrogen and oxygen atoms in total. The summed E-state index contributed by atoms with van der Waals surface area (Å²) in [6.07, 6.45) is 9.58. The molecule has 0 fully saturated rings. The third-order valence-corrected chi connectivity index (χ3v) is 2.16. The van der Waals surface area contributed by atoms with Crippen molar-refractivity contribution in [1.29, 1.82) is 0 Å². The molecule has 0 aromatic rings. The molecule has 0 saturated heterocycles. The fourth-order valence-electron chi connectivity index (χ4n) is 1.35. The summed E-state index contributed by atoms with van der Waals surface area (Å²) in [6.45, 7) is 6.77. The van der Waals surface area contributed by atoms with Crippen LogP contribution in [-0.2, 0) is 0 Å². The molecule has 0 aliphatic carbocycles. The maximum atomic E-state index is 5.33. The zero-order valence-corrected chi connectivity index (χ0v) is 10.1. The zero-order valence-electron chi connectivity index (χ0n) is 10.1. The van der Waals surface area contributed by atoms with Crippen LogP contribution < -0.4 is 11.1 Å². The maximum Gasteiger partial charge on any atom is 0.0880 e. The van der Waals surface area contributed by atoms with Gasteiger partial charge in [0.15, 0.2) is 0 Å². The Bertz CT molecular complexity index is 176. The highest BCUT2D eigenvalue weighted by molar-refractivity contribution is 5.57. The average molecular weight is 211 g/mol. The molecule has 0 bridgehead atoms. The van der Waals surface area contributed by atoms with Crippen molar-refractivity contribution >= 4 is 6.21 Å². The first-order valence-corrected chi connectivity index (χ1v) is 5.83. The van der Waals surface area contributed by atoms with Crippen molar-refractivity contribution in [2.75, 3.05) is 19.8 Å². The first-order chi connectivity index (χ1) is 7.31. The van der Waals surface area contributed by atoms with Crippen LogP contribution in [0.5, 0.6) is 0 Å². The summed E-state index contributed by atoms with van der Waals surface area (Å²) in [5.74, 6) is 0.692. The third kappa shape index (κ3) is 11.3. The second-order valence-corrected chi connectivity index (χ2v) is 3.75. The summed E-state index contributed by atoms with van der Waals surface area (Å²) in [5, 5.41) is 3.28. The summed E-state index contributed by atoms with van der Waals surface area (Å²) < 4.78 is 0. The highest BCUT2D eigenvalue weighted by Crippen LogP contribution is 2.05. The predicted molar refractivity (Wildman–Crippen MR) is 68.2 cm³/mol. The molecule has 0 amide bonds. The van der Waals surface area contributed by atoms with Crippen molar-refractivity contribution < 1.29 is 0 Å². The number of nitrogens with zero attached hydrogens (tertiary/aromatic N) is 1. The van der Waals surface area contributed by atoms with Gasteiger partial charge in [0.25, 0.3) is 0 Å². The highest BCUT2D eigenvalue weighted by atomic mass is 15.0. The van der Waals surface area contributed by atoms with Crippen molar-refractivity contribution in [2.45, 2.75) is 33.1 Å². The van der Waals surface area contributed by atoms with Gasteiger partial charge in [-0.25, -0.2) is 0 Å². The van der Waals surface area contributed by atoms with Crippen LogP contribution in [0.4, 0.5) is 0 Å². The van der Waals surface area contributed by atoms with Gasteiger partial charge in [-0.1, -0.05) is 19.1 Å². The van der Waals surface area contributed by atoms with E-state index in [1.807, 2.05) is 6.21 Å². The highest BCUT2D eigenvalue weighted by Gasteiger charge is 1.95.